The van der Waals surface area contributed by atoms with Crippen LogP contribution in [0.15, 0.2) is 12.1 Å². The molecule has 3 heteroatoms. The lowest BCUT2D eigenvalue weighted by Crippen LogP contribution is -2.16. The molecule has 0 aromatic heterocycles. The van der Waals surface area contributed by atoms with Gasteiger partial charge in [-0.25, -0.2) is 0 Å². The first-order valence-electron chi connectivity index (χ1n) is 4.47. The molecule has 3 N–H and O–H groups in total. The predicted molar refractivity (Wildman–Crippen MR) is 54.6 cm³/mol. The summed E-state index contributed by atoms with van der Waals surface area (Å²) >= 11 is 0. The summed E-state index contributed by atoms with van der Waals surface area (Å²) < 4.78 is 0. The zero-order valence-electron chi connectivity index (χ0n) is 8.41. The Kier molecular flexibility index (Phi) is 3.23. The summed E-state index contributed by atoms with van der Waals surface area (Å²) in [5.74, 6) is 0. The van der Waals surface area contributed by atoms with Gasteiger partial charge in [0.15, 0.2) is 0 Å². The van der Waals surface area contributed by atoms with E-state index in [2.05, 4.69) is 6.07 Å². The van der Waals surface area contributed by atoms with Gasteiger partial charge in [-0.15, -0.1) is 0 Å². The minimum absolute atomic E-state index is 0.0772. The van der Waals surface area contributed by atoms with E-state index in [4.69, 9.17) is 16.1 Å². The van der Waals surface area contributed by atoms with Gasteiger partial charge in [0, 0.05) is 0 Å². The molecule has 0 radical (unpaired) electrons. The number of aryl methyl sites for hydroxylation is 2. The highest BCUT2D eigenvalue weighted by Crippen LogP contribution is 2.20. The van der Waals surface area contributed by atoms with Crippen molar-refractivity contribution in [2.24, 2.45) is 5.73 Å². The summed E-state index contributed by atoms with van der Waals surface area (Å²) in [5, 5.41) is 17.7. The summed E-state index contributed by atoms with van der Waals surface area (Å²) in [7, 11) is 0. The Labute approximate surface area is 83.8 Å². The fourth-order valence-corrected chi connectivity index (χ4v) is 1.46. The van der Waals surface area contributed by atoms with Crippen molar-refractivity contribution >= 4 is 0 Å². The van der Waals surface area contributed by atoms with E-state index >= 15 is 0 Å². The second kappa shape index (κ2) is 4.23. The van der Waals surface area contributed by atoms with Gasteiger partial charge in [0.2, 0.25) is 0 Å². The molecule has 0 aliphatic heterocycles. The molecule has 0 fully saturated rings. The Hall–Kier alpha value is -1.37. The lowest BCUT2D eigenvalue weighted by molar-refractivity contribution is 0.267. The van der Waals surface area contributed by atoms with E-state index in [0.29, 0.717) is 5.56 Å². The van der Waals surface area contributed by atoms with Crippen molar-refractivity contribution in [3.63, 3.8) is 0 Å². The van der Waals surface area contributed by atoms with Crippen LogP contribution in [0.5, 0.6) is 0 Å². The van der Waals surface area contributed by atoms with Crippen molar-refractivity contribution in [1.29, 1.82) is 5.26 Å². The Morgan fingerprint density at radius 3 is 2.57 bits per heavy atom. The van der Waals surface area contributed by atoms with Gasteiger partial charge in [-0.2, -0.15) is 5.26 Å². The van der Waals surface area contributed by atoms with Crippen molar-refractivity contribution in [3.05, 3.63) is 34.4 Å². The molecule has 0 unspecified atom stereocenters. The quantitative estimate of drug-likeness (QED) is 0.735. The lowest BCUT2D eigenvalue weighted by Gasteiger charge is -2.13. The molecule has 3 nitrogen and oxygen atoms in total. The van der Waals surface area contributed by atoms with Crippen molar-refractivity contribution in [2.45, 2.75) is 19.9 Å². The van der Waals surface area contributed by atoms with Gasteiger partial charge in [-0.1, -0.05) is 6.07 Å². The van der Waals surface area contributed by atoms with E-state index in [1.54, 1.807) is 6.07 Å². The van der Waals surface area contributed by atoms with Gasteiger partial charge in [0.1, 0.15) is 0 Å². The first-order chi connectivity index (χ1) is 6.60. The Morgan fingerprint density at radius 1 is 1.43 bits per heavy atom. The van der Waals surface area contributed by atoms with Crippen LogP contribution in [-0.4, -0.2) is 11.7 Å². The first-order valence-corrected chi connectivity index (χ1v) is 4.47. The third kappa shape index (κ3) is 1.92. The van der Waals surface area contributed by atoms with E-state index in [1.165, 1.54) is 0 Å². The molecule has 0 aliphatic carbocycles. The topological polar surface area (TPSA) is 70.0 Å². The Balaban J connectivity index is 3.23. The van der Waals surface area contributed by atoms with E-state index in [9.17, 15) is 0 Å². The first kappa shape index (κ1) is 10.7. The minimum atomic E-state index is -0.360. The number of nitrogens with zero attached hydrogens (tertiary/aromatic N) is 1. The van der Waals surface area contributed by atoms with Crippen molar-refractivity contribution in [3.8, 4) is 6.07 Å². The highest BCUT2D eigenvalue weighted by molar-refractivity contribution is 5.44. The van der Waals surface area contributed by atoms with Crippen molar-refractivity contribution in [2.75, 3.05) is 6.61 Å². The summed E-state index contributed by atoms with van der Waals surface area (Å²) in [6, 6.07) is 5.43. The van der Waals surface area contributed by atoms with Gasteiger partial charge in [0.05, 0.1) is 24.3 Å². The fraction of sp³-hybridized carbons (Fsp3) is 0.364. The molecule has 0 aliphatic rings. The van der Waals surface area contributed by atoms with Crippen LogP contribution in [-0.2, 0) is 0 Å². The van der Waals surface area contributed by atoms with Gasteiger partial charge >= 0.3 is 0 Å². The number of nitrogens with two attached hydrogens (primary N) is 1. The average Bonchev–Trinajstić information content (AvgIpc) is 2.19. The maximum Gasteiger partial charge on any atom is 0.0994 e. The normalized spacial score (nSPS) is 12.2. The van der Waals surface area contributed by atoms with Crippen LogP contribution < -0.4 is 5.73 Å². The minimum Gasteiger partial charge on any atom is -0.394 e. The number of benzene rings is 1. The largest absolute Gasteiger partial charge is 0.394 e. The second-order valence-electron chi connectivity index (χ2n) is 3.42. The molecule has 0 bridgehead atoms. The van der Waals surface area contributed by atoms with Gasteiger partial charge < -0.3 is 10.8 Å². The molecule has 14 heavy (non-hydrogen) atoms. The fourth-order valence-electron chi connectivity index (χ4n) is 1.46. The highest BCUT2D eigenvalue weighted by Gasteiger charge is 2.10. The molecule has 0 heterocycles. The van der Waals surface area contributed by atoms with E-state index in [-0.39, 0.29) is 12.6 Å². The molecule has 74 valence electrons. The average molecular weight is 190 g/mol. The smallest absolute Gasteiger partial charge is 0.0994 e. The molecule has 0 saturated carbocycles. The van der Waals surface area contributed by atoms with Crippen LogP contribution in [0, 0.1) is 25.2 Å². The van der Waals surface area contributed by atoms with Gasteiger partial charge in [-0.3, -0.25) is 0 Å². The number of aliphatic hydroxyl groups excluding tert-OH is 1. The molecule has 1 aromatic rings. The van der Waals surface area contributed by atoms with Crippen LogP contribution in [0.4, 0.5) is 0 Å². The molecule has 1 atom stereocenters. The molecule has 0 amide bonds. The SMILES string of the molecule is Cc1cc([C@H](N)CO)c(C)cc1C#N. The van der Waals surface area contributed by atoms with Crippen LogP contribution in [0.1, 0.15) is 28.3 Å². The number of hydrogen-bond donors (Lipinski definition) is 2. The van der Waals surface area contributed by atoms with E-state index in [0.717, 1.165) is 16.7 Å². The zero-order valence-corrected chi connectivity index (χ0v) is 8.41. The molecular formula is C11H14N2O. The lowest BCUT2D eigenvalue weighted by atomic mass is 9.96. The van der Waals surface area contributed by atoms with Crippen molar-refractivity contribution < 1.29 is 5.11 Å². The van der Waals surface area contributed by atoms with Gasteiger partial charge in [-0.05, 0) is 36.6 Å². The summed E-state index contributed by atoms with van der Waals surface area (Å²) in [5.41, 5.74) is 9.14. The molecule has 0 saturated heterocycles. The molecule has 1 rings (SSSR count). The third-order valence-electron chi connectivity index (χ3n) is 2.33. The van der Waals surface area contributed by atoms with Crippen LogP contribution >= 0.6 is 0 Å². The Morgan fingerprint density at radius 2 is 2.07 bits per heavy atom. The molecule has 1 aromatic carbocycles. The summed E-state index contributed by atoms with van der Waals surface area (Å²) in [4.78, 5) is 0. The van der Waals surface area contributed by atoms with E-state index in [1.807, 2.05) is 19.9 Å². The van der Waals surface area contributed by atoms with Crippen molar-refractivity contribution in [1.82, 2.24) is 0 Å². The Bertz CT molecular complexity index is 380. The maximum absolute atomic E-state index is 8.94. The predicted octanol–water partition coefficient (Wildman–Crippen LogP) is 1.17. The van der Waals surface area contributed by atoms with Crippen LogP contribution in [0.2, 0.25) is 0 Å². The molecule has 0 spiro atoms. The zero-order chi connectivity index (χ0) is 10.7. The highest BCUT2D eigenvalue weighted by atomic mass is 16.3. The summed E-state index contributed by atoms with van der Waals surface area (Å²) in [6.45, 7) is 3.68. The summed E-state index contributed by atoms with van der Waals surface area (Å²) in [6.07, 6.45) is 0. The standard InChI is InChI=1S/C11H14N2O/c1-7-4-10(11(13)6-14)8(2)3-9(7)5-12/h3-4,11,14H,6,13H2,1-2H3/t11-/m1/s1. The number of rotatable bonds is 2. The number of nitriles is 1. The van der Waals surface area contributed by atoms with Crippen LogP contribution in [0.3, 0.4) is 0 Å². The second-order valence-corrected chi connectivity index (χ2v) is 3.42. The van der Waals surface area contributed by atoms with Crippen LogP contribution in [0.25, 0.3) is 0 Å². The monoisotopic (exact) mass is 190 g/mol. The van der Waals surface area contributed by atoms with E-state index < -0.39 is 0 Å². The van der Waals surface area contributed by atoms with Gasteiger partial charge in [0.25, 0.3) is 0 Å². The maximum atomic E-state index is 8.94. The number of hydrogen-bond acceptors (Lipinski definition) is 3. The molecular weight excluding hydrogens is 176 g/mol. The third-order valence-corrected chi connectivity index (χ3v) is 2.33. The number of aliphatic hydroxyl groups is 1.